The molecule has 0 bridgehead atoms. The Morgan fingerprint density at radius 2 is 1.81 bits per heavy atom. The largest absolute Gasteiger partial charge is 0.497 e. The Morgan fingerprint density at radius 3 is 2.47 bits per heavy atom. The number of thiazole rings is 1. The van der Waals surface area contributed by atoms with Gasteiger partial charge in [0.2, 0.25) is 0 Å². The van der Waals surface area contributed by atoms with Crippen molar-refractivity contribution in [1.29, 1.82) is 0 Å². The van der Waals surface area contributed by atoms with E-state index >= 15 is 0 Å². The molecular weight excluding hydrogens is 588 g/mol. The molecule has 1 amide bonds. The zero-order valence-electron chi connectivity index (χ0n) is 26.0. The van der Waals surface area contributed by atoms with Crippen LogP contribution in [-0.2, 0) is 32.0 Å². The third-order valence-corrected chi connectivity index (χ3v) is 9.40. The molecule has 1 atom stereocenters. The second kappa shape index (κ2) is 16.7. The van der Waals surface area contributed by atoms with E-state index in [2.05, 4.69) is 24.6 Å². The maximum atomic E-state index is 14.3. The summed E-state index contributed by atoms with van der Waals surface area (Å²) in [4.78, 5) is 33.5. The van der Waals surface area contributed by atoms with Crippen molar-refractivity contribution in [3.63, 3.8) is 0 Å². The van der Waals surface area contributed by atoms with E-state index in [0.717, 1.165) is 6.04 Å². The third-order valence-electron chi connectivity index (χ3n) is 6.74. The lowest BCUT2D eigenvalue weighted by atomic mass is 10.1. The number of rotatable bonds is 17. The van der Waals surface area contributed by atoms with E-state index in [9.17, 15) is 14.0 Å². The van der Waals surface area contributed by atoms with Gasteiger partial charge in [-0.1, -0.05) is 50.0 Å². The molecule has 11 heteroatoms. The molecular formula is C32H43FN2O6SSi. The number of ether oxygens (including phenoxy) is 4. The molecule has 1 aromatic heterocycles. The van der Waals surface area contributed by atoms with Crippen molar-refractivity contribution in [3.05, 3.63) is 81.1 Å². The van der Waals surface area contributed by atoms with E-state index in [1.165, 1.54) is 17.4 Å². The van der Waals surface area contributed by atoms with Crippen molar-refractivity contribution in [2.24, 2.45) is 0 Å². The van der Waals surface area contributed by atoms with Gasteiger partial charge in [-0.05, 0) is 62.1 Å². The van der Waals surface area contributed by atoms with E-state index in [4.69, 9.17) is 18.9 Å². The summed E-state index contributed by atoms with van der Waals surface area (Å²) in [6, 6.07) is 14.8. The van der Waals surface area contributed by atoms with Crippen molar-refractivity contribution in [1.82, 2.24) is 9.88 Å². The van der Waals surface area contributed by atoms with Crippen LogP contribution in [0.3, 0.4) is 0 Å². The van der Waals surface area contributed by atoms with E-state index in [1.54, 1.807) is 68.3 Å². The zero-order valence-corrected chi connectivity index (χ0v) is 27.8. The van der Waals surface area contributed by atoms with E-state index in [0.29, 0.717) is 52.8 Å². The fraction of sp³-hybridized carbons (Fsp3) is 0.469. The second-order valence-electron chi connectivity index (χ2n) is 11.3. The summed E-state index contributed by atoms with van der Waals surface area (Å²) >= 11 is 1.34. The molecule has 0 aliphatic carbocycles. The first-order valence-corrected chi connectivity index (χ1v) is 19.0. The number of amides is 1. The van der Waals surface area contributed by atoms with Crippen LogP contribution in [0.25, 0.3) is 0 Å². The summed E-state index contributed by atoms with van der Waals surface area (Å²) in [6.45, 7) is 11.6. The van der Waals surface area contributed by atoms with Crippen LogP contribution in [0.4, 0.5) is 4.39 Å². The van der Waals surface area contributed by atoms with Crippen LogP contribution in [0, 0.1) is 12.7 Å². The van der Waals surface area contributed by atoms with Crippen molar-refractivity contribution in [3.8, 4) is 5.75 Å². The molecule has 0 radical (unpaired) electrons. The molecule has 0 aliphatic rings. The number of esters is 1. The molecule has 8 nitrogen and oxygen atoms in total. The molecule has 1 heterocycles. The van der Waals surface area contributed by atoms with Crippen molar-refractivity contribution < 1.29 is 32.9 Å². The molecule has 0 saturated heterocycles. The minimum Gasteiger partial charge on any atom is -0.497 e. The number of hydrogen-bond acceptors (Lipinski definition) is 8. The molecule has 3 rings (SSSR count). The average molecular weight is 631 g/mol. The monoisotopic (exact) mass is 630 g/mol. The Kier molecular flexibility index (Phi) is 13.3. The van der Waals surface area contributed by atoms with E-state index in [1.807, 2.05) is 0 Å². The highest BCUT2D eigenvalue weighted by molar-refractivity contribution is 7.11. The first-order valence-electron chi connectivity index (χ1n) is 14.5. The smallest absolute Gasteiger partial charge is 0.358 e. The first kappa shape index (κ1) is 34.4. The van der Waals surface area contributed by atoms with Crippen LogP contribution >= 0.6 is 11.3 Å². The first-order chi connectivity index (χ1) is 20.5. The highest BCUT2D eigenvalue weighted by Crippen LogP contribution is 2.26. The molecule has 0 unspecified atom stereocenters. The van der Waals surface area contributed by atoms with Gasteiger partial charge >= 0.3 is 5.97 Å². The molecule has 0 N–H and O–H groups in total. The molecule has 0 saturated carbocycles. The standard InChI is InChI=1S/C32H43FN2O6SSi/c1-7-40-32(37)29-23(2)42-28(34-29)21-35(18-10-12-24-11-8-9-13-27(24)33)31(36)30(25-14-16-26(38-3)17-15-25)41-22-39-19-20-43(4,5)6/h8-9,11,13-17,30H,7,10,12,18-22H2,1-6H3/t30-/m1/s1. The highest BCUT2D eigenvalue weighted by atomic mass is 32.1. The maximum Gasteiger partial charge on any atom is 0.358 e. The van der Waals surface area contributed by atoms with Crippen LogP contribution in [0.5, 0.6) is 5.75 Å². The molecule has 0 aliphatic heterocycles. The van der Waals surface area contributed by atoms with Crippen LogP contribution in [0.15, 0.2) is 48.5 Å². The molecule has 43 heavy (non-hydrogen) atoms. The van der Waals surface area contributed by atoms with Gasteiger partial charge in [-0.25, -0.2) is 14.2 Å². The lowest BCUT2D eigenvalue weighted by molar-refractivity contribution is -0.155. The topological polar surface area (TPSA) is 87.2 Å². The number of hydrogen-bond donors (Lipinski definition) is 0. The number of aryl methyl sites for hydroxylation is 2. The minimum absolute atomic E-state index is 0.0423. The fourth-order valence-electron chi connectivity index (χ4n) is 4.31. The van der Waals surface area contributed by atoms with Crippen LogP contribution in [0.1, 0.15) is 50.9 Å². The number of aromatic nitrogens is 1. The Hall–Kier alpha value is -3.12. The zero-order chi connectivity index (χ0) is 31.4. The summed E-state index contributed by atoms with van der Waals surface area (Å²) in [5.41, 5.74) is 1.49. The lowest BCUT2D eigenvalue weighted by Crippen LogP contribution is -2.37. The molecule has 3 aromatic rings. The quantitative estimate of drug-likeness (QED) is 0.0701. The fourth-order valence-corrected chi connectivity index (χ4v) is 6.00. The number of benzene rings is 2. The summed E-state index contributed by atoms with van der Waals surface area (Å²) in [5.74, 6) is -0.384. The van der Waals surface area contributed by atoms with E-state index in [-0.39, 0.29) is 37.4 Å². The summed E-state index contributed by atoms with van der Waals surface area (Å²) < 4.78 is 36.6. The van der Waals surface area contributed by atoms with Gasteiger partial charge in [0.1, 0.15) is 23.4 Å². The van der Waals surface area contributed by atoms with Gasteiger partial charge in [0.25, 0.3) is 5.91 Å². The van der Waals surface area contributed by atoms with Gasteiger partial charge < -0.3 is 23.8 Å². The molecule has 0 fully saturated rings. The molecule has 0 spiro atoms. The normalized spacial score (nSPS) is 12.2. The van der Waals surface area contributed by atoms with Gasteiger partial charge in [0.05, 0.1) is 20.3 Å². The third kappa shape index (κ3) is 10.8. The summed E-state index contributed by atoms with van der Waals surface area (Å²) in [5, 5.41) is 0.597. The Labute approximate surface area is 259 Å². The van der Waals surface area contributed by atoms with Crippen molar-refractivity contribution >= 4 is 31.3 Å². The van der Waals surface area contributed by atoms with Crippen molar-refractivity contribution in [2.45, 2.75) is 65.0 Å². The number of halogens is 1. The van der Waals surface area contributed by atoms with Gasteiger partial charge in [-0.2, -0.15) is 0 Å². The average Bonchev–Trinajstić information content (AvgIpc) is 3.34. The lowest BCUT2D eigenvalue weighted by Gasteiger charge is -2.27. The number of carbonyl (C=O) groups excluding carboxylic acids is 2. The predicted molar refractivity (Wildman–Crippen MR) is 169 cm³/mol. The van der Waals surface area contributed by atoms with Gasteiger partial charge in [-0.3, -0.25) is 4.79 Å². The van der Waals surface area contributed by atoms with Gasteiger partial charge in [0, 0.05) is 26.1 Å². The molecule has 234 valence electrons. The second-order valence-corrected chi connectivity index (χ2v) is 18.3. The van der Waals surface area contributed by atoms with E-state index < -0.39 is 20.1 Å². The summed E-state index contributed by atoms with van der Waals surface area (Å²) in [6.07, 6.45) is 0.0240. The maximum absolute atomic E-state index is 14.3. The number of methoxy groups -OCH3 is 1. The van der Waals surface area contributed by atoms with Crippen LogP contribution < -0.4 is 4.74 Å². The van der Waals surface area contributed by atoms with Gasteiger partial charge in [0.15, 0.2) is 11.8 Å². The minimum atomic E-state index is -1.29. The Bertz CT molecular complexity index is 1330. The highest BCUT2D eigenvalue weighted by Gasteiger charge is 2.29. The van der Waals surface area contributed by atoms with Crippen LogP contribution in [-0.4, -0.2) is 63.5 Å². The SMILES string of the molecule is CCOC(=O)c1nc(CN(CCCc2ccccc2F)C(=O)[C@H](OCOCC[Si](C)(C)C)c2ccc(OC)cc2)sc1C. The Morgan fingerprint density at radius 1 is 1.09 bits per heavy atom. The Balaban J connectivity index is 1.85. The summed E-state index contributed by atoms with van der Waals surface area (Å²) in [7, 11) is 0.291. The predicted octanol–water partition coefficient (Wildman–Crippen LogP) is 6.81. The number of carbonyl (C=O) groups is 2. The van der Waals surface area contributed by atoms with Crippen molar-refractivity contribution in [2.75, 3.05) is 33.7 Å². The van der Waals surface area contributed by atoms with Gasteiger partial charge in [-0.15, -0.1) is 11.3 Å². The molecule has 2 aromatic carbocycles. The number of nitrogens with zero attached hydrogens (tertiary/aromatic N) is 2. The van der Waals surface area contributed by atoms with Crippen LogP contribution in [0.2, 0.25) is 25.7 Å².